The van der Waals surface area contributed by atoms with E-state index in [2.05, 4.69) is 5.32 Å². The Balaban J connectivity index is 1.79. The molecule has 1 unspecified atom stereocenters. The van der Waals surface area contributed by atoms with Gasteiger partial charge in [0.15, 0.2) is 0 Å². The van der Waals surface area contributed by atoms with E-state index in [0.29, 0.717) is 17.9 Å². The van der Waals surface area contributed by atoms with Crippen LogP contribution in [0.25, 0.3) is 0 Å². The average Bonchev–Trinajstić information content (AvgIpc) is 2.98. The summed E-state index contributed by atoms with van der Waals surface area (Å²) in [7, 11) is 0. The highest BCUT2D eigenvalue weighted by Crippen LogP contribution is 2.41. The van der Waals surface area contributed by atoms with Gasteiger partial charge in [-0.05, 0) is 48.4 Å². The quantitative estimate of drug-likeness (QED) is 0.865. The highest BCUT2D eigenvalue weighted by molar-refractivity contribution is 8.00. The van der Waals surface area contributed by atoms with Crippen LogP contribution >= 0.6 is 11.8 Å². The van der Waals surface area contributed by atoms with Crippen LogP contribution in [0.5, 0.6) is 0 Å². The molecule has 25 heavy (non-hydrogen) atoms. The topological polar surface area (TPSA) is 49.4 Å². The summed E-state index contributed by atoms with van der Waals surface area (Å²) >= 11 is 1.53. The van der Waals surface area contributed by atoms with E-state index in [9.17, 15) is 14.0 Å². The highest BCUT2D eigenvalue weighted by Gasteiger charge is 2.33. The van der Waals surface area contributed by atoms with E-state index < -0.39 is 0 Å². The number of thioether (sulfide) groups is 1. The van der Waals surface area contributed by atoms with Crippen molar-refractivity contribution in [3.05, 3.63) is 59.9 Å². The number of carbonyl (C=O) groups excluding carboxylic acids is 2. The minimum Gasteiger partial charge on any atom is -0.326 e. The number of hydrogen-bond acceptors (Lipinski definition) is 3. The van der Waals surface area contributed by atoms with E-state index >= 15 is 0 Å². The molecule has 1 saturated heterocycles. The molecule has 0 radical (unpaired) electrons. The first-order valence-electron chi connectivity index (χ1n) is 8.17. The fraction of sp³-hybridized carbons (Fsp3) is 0.263. The van der Waals surface area contributed by atoms with Crippen LogP contribution in [0.3, 0.4) is 0 Å². The van der Waals surface area contributed by atoms with Gasteiger partial charge in [0.2, 0.25) is 11.8 Å². The number of halogens is 1. The molecule has 1 N–H and O–H groups in total. The molecule has 0 aromatic heterocycles. The van der Waals surface area contributed by atoms with E-state index in [1.807, 2.05) is 31.2 Å². The Hall–Kier alpha value is -2.34. The maximum Gasteiger partial charge on any atom is 0.238 e. The van der Waals surface area contributed by atoms with Gasteiger partial charge in [-0.3, -0.25) is 14.5 Å². The molecule has 1 atom stereocenters. The Morgan fingerprint density at radius 3 is 2.52 bits per heavy atom. The van der Waals surface area contributed by atoms with Gasteiger partial charge < -0.3 is 5.32 Å². The summed E-state index contributed by atoms with van der Waals surface area (Å²) in [6.07, 6.45) is 1.30. The minimum absolute atomic E-state index is 0.00179. The van der Waals surface area contributed by atoms with E-state index in [1.54, 1.807) is 17.0 Å². The van der Waals surface area contributed by atoms with Gasteiger partial charge in [-0.25, -0.2) is 4.39 Å². The van der Waals surface area contributed by atoms with Crippen LogP contribution in [-0.2, 0) is 9.59 Å². The molecule has 0 saturated carbocycles. The summed E-state index contributed by atoms with van der Waals surface area (Å²) < 4.78 is 13.2. The molecular weight excluding hydrogens is 339 g/mol. The molecule has 3 rings (SSSR count). The zero-order chi connectivity index (χ0) is 17.8. The molecule has 2 amide bonds. The third-order valence-corrected chi connectivity index (χ3v) is 5.14. The van der Waals surface area contributed by atoms with Gasteiger partial charge in [0, 0.05) is 17.8 Å². The first-order valence-corrected chi connectivity index (χ1v) is 9.22. The molecule has 0 aliphatic carbocycles. The summed E-state index contributed by atoms with van der Waals surface area (Å²) in [6.45, 7) is 1.96. The molecule has 0 bridgehead atoms. The second kappa shape index (κ2) is 7.70. The fourth-order valence-corrected chi connectivity index (χ4v) is 3.91. The van der Waals surface area contributed by atoms with E-state index in [0.717, 1.165) is 17.7 Å². The Morgan fingerprint density at radius 1 is 1.20 bits per heavy atom. The second-order valence-electron chi connectivity index (χ2n) is 5.82. The van der Waals surface area contributed by atoms with E-state index in [1.165, 1.54) is 23.9 Å². The third kappa shape index (κ3) is 4.02. The molecule has 0 spiro atoms. The van der Waals surface area contributed by atoms with Crippen molar-refractivity contribution in [3.63, 3.8) is 0 Å². The molecule has 1 heterocycles. The van der Waals surface area contributed by atoms with Crippen LogP contribution in [0.2, 0.25) is 0 Å². The van der Waals surface area contributed by atoms with E-state index in [-0.39, 0.29) is 23.0 Å². The predicted octanol–water partition coefficient (Wildman–Crippen LogP) is 4.34. The maximum atomic E-state index is 13.2. The average molecular weight is 358 g/mol. The SMILES string of the molecule is CCCC(=O)Nc1ccc(C2SCC(=O)N2c2ccc(F)cc2)cc1. The van der Waals surface area contributed by atoms with Gasteiger partial charge in [0.25, 0.3) is 0 Å². The number of carbonyl (C=O) groups is 2. The smallest absolute Gasteiger partial charge is 0.238 e. The highest BCUT2D eigenvalue weighted by atomic mass is 32.2. The lowest BCUT2D eigenvalue weighted by atomic mass is 10.1. The van der Waals surface area contributed by atoms with Crippen LogP contribution in [0.15, 0.2) is 48.5 Å². The molecular formula is C19H19FN2O2S. The lowest BCUT2D eigenvalue weighted by molar-refractivity contribution is -0.116. The molecule has 2 aromatic carbocycles. The standard InChI is InChI=1S/C19H19FN2O2S/c1-2-3-17(23)21-15-8-4-13(5-9-15)19-22(18(24)12-25-19)16-10-6-14(20)7-11-16/h4-11,19H,2-3,12H2,1H3,(H,21,23). The number of anilines is 2. The van der Waals surface area contributed by atoms with Gasteiger partial charge in [-0.15, -0.1) is 11.8 Å². The van der Waals surface area contributed by atoms with Crippen LogP contribution in [0, 0.1) is 5.82 Å². The van der Waals surface area contributed by atoms with Crippen molar-refractivity contribution in [1.82, 2.24) is 0 Å². The molecule has 1 aliphatic heterocycles. The van der Waals surface area contributed by atoms with Crippen LogP contribution in [-0.4, -0.2) is 17.6 Å². The van der Waals surface area contributed by atoms with Crippen LogP contribution in [0.4, 0.5) is 15.8 Å². The van der Waals surface area contributed by atoms with Crippen molar-refractivity contribution in [2.24, 2.45) is 0 Å². The number of benzene rings is 2. The van der Waals surface area contributed by atoms with Gasteiger partial charge >= 0.3 is 0 Å². The Bertz CT molecular complexity index is 762. The van der Waals surface area contributed by atoms with E-state index in [4.69, 9.17) is 0 Å². The maximum absolute atomic E-state index is 13.2. The molecule has 6 heteroatoms. The van der Waals surface area contributed by atoms with Crippen molar-refractivity contribution in [2.75, 3.05) is 16.0 Å². The van der Waals surface area contributed by atoms with Crippen molar-refractivity contribution in [3.8, 4) is 0 Å². The number of rotatable bonds is 5. The summed E-state index contributed by atoms with van der Waals surface area (Å²) in [4.78, 5) is 25.6. The number of nitrogens with zero attached hydrogens (tertiary/aromatic N) is 1. The van der Waals surface area contributed by atoms with Crippen molar-refractivity contribution in [2.45, 2.75) is 25.1 Å². The first-order chi connectivity index (χ1) is 12.1. The zero-order valence-electron chi connectivity index (χ0n) is 13.9. The zero-order valence-corrected chi connectivity index (χ0v) is 14.7. The fourth-order valence-electron chi connectivity index (χ4n) is 2.73. The Morgan fingerprint density at radius 2 is 1.88 bits per heavy atom. The number of hydrogen-bond donors (Lipinski definition) is 1. The largest absolute Gasteiger partial charge is 0.326 e. The van der Waals surface area contributed by atoms with Gasteiger partial charge in [-0.1, -0.05) is 19.1 Å². The minimum atomic E-state index is -0.327. The van der Waals surface area contributed by atoms with Crippen LogP contribution in [0.1, 0.15) is 30.7 Å². The first kappa shape index (κ1) is 17.5. The lowest BCUT2D eigenvalue weighted by Crippen LogP contribution is -2.27. The lowest BCUT2D eigenvalue weighted by Gasteiger charge is -2.24. The number of amides is 2. The summed E-state index contributed by atoms with van der Waals surface area (Å²) in [5.74, 6) is 0.0548. The summed E-state index contributed by atoms with van der Waals surface area (Å²) in [6, 6.07) is 13.5. The molecule has 130 valence electrons. The Kier molecular flexibility index (Phi) is 5.38. The predicted molar refractivity (Wildman–Crippen MR) is 99.1 cm³/mol. The molecule has 4 nitrogen and oxygen atoms in total. The van der Waals surface area contributed by atoms with Gasteiger partial charge in [0.1, 0.15) is 11.2 Å². The summed E-state index contributed by atoms with van der Waals surface area (Å²) in [5, 5.41) is 2.70. The monoisotopic (exact) mass is 358 g/mol. The normalized spacial score (nSPS) is 17.0. The van der Waals surface area contributed by atoms with Crippen LogP contribution < -0.4 is 10.2 Å². The van der Waals surface area contributed by atoms with Gasteiger partial charge in [0.05, 0.1) is 5.75 Å². The third-order valence-electron chi connectivity index (χ3n) is 3.93. The van der Waals surface area contributed by atoms with Gasteiger partial charge in [-0.2, -0.15) is 0 Å². The van der Waals surface area contributed by atoms with Crippen molar-refractivity contribution < 1.29 is 14.0 Å². The Labute approximate surface area is 150 Å². The molecule has 2 aromatic rings. The molecule has 1 fully saturated rings. The number of nitrogens with one attached hydrogen (secondary N) is 1. The van der Waals surface area contributed by atoms with Crippen molar-refractivity contribution >= 4 is 35.0 Å². The summed E-state index contributed by atoms with van der Waals surface area (Å²) in [5.41, 5.74) is 2.39. The second-order valence-corrected chi connectivity index (χ2v) is 6.89. The van der Waals surface area contributed by atoms with Crippen molar-refractivity contribution in [1.29, 1.82) is 0 Å². The molecule has 1 aliphatic rings.